The molecular weight excluding hydrogens is 444 g/mol. The molecule has 0 unspecified atom stereocenters. The van der Waals surface area contributed by atoms with Gasteiger partial charge in [0.25, 0.3) is 0 Å². The maximum atomic E-state index is 13.4. The second kappa shape index (κ2) is 10.7. The number of amides is 2. The quantitative estimate of drug-likeness (QED) is 0.515. The van der Waals surface area contributed by atoms with Crippen LogP contribution >= 0.6 is 22.9 Å². The Bertz CT molecular complexity index is 956. The van der Waals surface area contributed by atoms with Gasteiger partial charge >= 0.3 is 0 Å². The summed E-state index contributed by atoms with van der Waals surface area (Å²) in [5, 5.41) is 2.78. The van der Waals surface area contributed by atoms with E-state index in [9.17, 15) is 9.59 Å². The highest BCUT2D eigenvalue weighted by Gasteiger charge is 2.34. The van der Waals surface area contributed by atoms with Gasteiger partial charge < -0.3 is 14.5 Å². The van der Waals surface area contributed by atoms with Crippen LogP contribution < -0.4 is 4.74 Å². The number of carbonyl (C=O) groups is 2. The van der Waals surface area contributed by atoms with E-state index in [2.05, 4.69) is 25.3 Å². The monoisotopic (exact) mass is 476 g/mol. The number of rotatable bonds is 8. The summed E-state index contributed by atoms with van der Waals surface area (Å²) in [4.78, 5) is 31.1. The minimum atomic E-state index is -0.177. The molecule has 32 heavy (non-hydrogen) atoms. The number of hydrogen-bond acceptors (Lipinski definition) is 4. The first kappa shape index (κ1) is 24.6. The first-order valence-electron chi connectivity index (χ1n) is 11.2. The summed E-state index contributed by atoms with van der Waals surface area (Å²) in [6.45, 7) is 11.5. The fourth-order valence-corrected chi connectivity index (χ4v) is 5.09. The van der Waals surface area contributed by atoms with Gasteiger partial charge in [0.15, 0.2) is 0 Å². The molecule has 3 rings (SSSR count). The van der Waals surface area contributed by atoms with E-state index in [1.54, 1.807) is 16.2 Å². The number of nitrogens with zero attached hydrogens (tertiary/aromatic N) is 2. The smallest absolute Gasteiger partial charge is 0.242 e. The van der Waals surface area contributed by atoms with Crippen molar-refractivity contribution in [3.8, 4) is 5.75 Å². The van der Waals surface area contributed by atoms with Crippen molar-refractivity contribution < 1.29 is 14.3 Å². The van der Waals surface area contributed by atoms with Crippen molar-refractivity contribution in [3.63, 3.8) is 0 Å². The van der Waals surface area contributed by atoms with Crippen LogP contribution in [0.15, 0.2) is 29.6 Å². The third-order valence-electron chi connectivity index (χ3n) is 5.67. The summed E-state index contributed by atoms with van der Waals surface area (Å²) in [6.07, 6.45) is 0.831. The van der Waals surface area contributed by atoms with E-state index < -0.39 is 0 Å². The molecule has 0 bridgehead atoms. The molecule has 0 saturated carbocycles. The molecule has 2 aromatic rings. The summed E-state index contributed by atoms with van der Waals surface area (Å²) in [5.74, 6) is 0.876. The van der Waals surface area contributed by atoms with Crippen LogP contribution in [0, 0.1) is 18.8 Å². The number of benzene rings is 1. The molecule has 1 aliphatic heterocycles. The normalized spacial score (nSPS) is 15.8. The Labute approximate surface area is 200 Å². The molecule has 0 N–H and O–H groups in total. The molecule has 2 heterocycles. The minimum Gasteiger partial charge on any atom is -0.491 e. The lowest BCUT2D eigenvalue weighted by molar-refractivity contribution is -0.144. The van der Waals surface area contributed by atoms with Crippen molar-refractivity contribution in [2.75, 3.05) is 26.2 Å². The Morgan fingerprint density at radius 1 is 1.25 bits per heavy atom. The molecule has 0 spiro atoms. The number of hydrogen-bond donors (Lipinski definition) is 0. The molecule has 1 aromatic heterocycles. The molecule has 0 fully saturated rings. The van der Waals surface area contributed by atoms with Gasteiger partial charge in [-0.2, -0.15) is 0 Å². The molecule has 0 aliphatic carbocycles. The molecule has 1 atom stereocenters. The number of thiophene rings is 1. The SMILES string of the molecule is Cc1cc(OC[C@H]2c3ccsc3CCN2C(=O)CN(CC(C)C)C(=O)C(C)C)ccc1Cl. The fourth-order valence-electron chi connectivity index (χ4n) is 4.05. The van der Waals surface area contributed by atoms with Gasteiger partial charge in [0, 0.05) is 28.9 Å². The molecular formula is C25H33ClN2O3S. The molecule has 7 heteroatoms. The van der Waals surface area contributed by atoms with Crippen molar-refractivity contribution in [2.45, 2.75) is 47.1 Å². The standard InChI is InChI=1S/C25H33ClN2O3S/c1-16(2)13-27(25(30)17(3)4)14-24(29)28-10-8-23-20(9-11-32-23)22(28)15-31-19-6-7-21(26)18(5)12-19/h6-7,9,11-12,16-17,22H,8,10,13-15H2,1-5H3/t22-/m0/s1. The summed E-state index contributed by atoms with van der Waals surface area (Å²) in [7, 11) is 0. The molecule has 0 radical (unpaired) electrons. The van der Waals surface area contributed by atoms with Crippen molar-refractivity contribution in [2.24, 2.45) is 11.8 Å². The molecule has 1 aromatic carbocycles. The summed E-state index contributed by atoms with van der Waals surface area (Å²) in [5.41, 5.74) is 2.10. The second-order valence-electron chi connectivity index (χ2n) is 9.14. The molecule has 174 valence electrons. The first-order chi connectivity index (χ1) is 15.2. The zero-order valence-corrected chi connectivity index (χ0v) is 21.1. The summed E-state index contributed by atoms with van der Waals surface area (Å²) in [6, 6.07) is 7.50. The van der Waals surface area contributed by atoms with Crippen molar-refractivity contribution in [1.29, 1.82) is 0 Å². The highest BCUT2D eigenvalue weighted by Crippen LogP contribution is 2.34. The Balaban J connectivity index is 1.78. The second-order valence-corrected chi connectivity index (χ2v) is 10.5. The van der Waals surface area contributed by atoms with Gasteiger partial charge in [-0.25, -0.2) is 0 Å². The van der Waals surface area contributed by atoms with Crippen LogP contribution in [-0.2, 0) is 16.0 Å². The van der Waals surface area contributed by atoms with E-state index in [1.807, 2.05) is 43.9 Å². The van der Waals surface area contributed by atoms with Crippen molar-refractivity contribution in [1.82, 2.24) is 9.80 Å². The van der Waals surface area contributed by atoms with Gasteiger partial charge in [-0.3, -0.25) is 9.59 Å². The van der Waals surface area contributed by atoms with Gasteiger partial charge in [-0.1, -0.05) is 39.3 Å². The van der Waals surface area contributed by atoms with E-state index in [0.29, 0.717) is 30.6 Å². The van der Waals surface area contributed by atoms with Crippen LogP contribution in [0.5, 0.6) is 5.75 Å². The Kier molecular flexibility index (Phi) is 8.23. The van der Waals surface area contributed by atoms with Gasteiger partial charge in [0.1, 0.15) is 12.4 Å². The van der Waals surface area contributed by atoms with Crippen LogP contribution in [-0.4, -0.2) is 47.9 Å². The third-order valence-corrected chi connectivity index (χ3v) is 7.09. The van der Waals surface area contributed by atoms with Gasteiger partial charge in [0.05, 0.1) is 12.6 Å². The lowest BCUT2D eigenvalue weighted by Crippen LogP contribution is -2.49. The number of aryl methyl sites for hydroxylation is 1. The largest absolute Gasteiger partial charge is 0.491 e. The average Bonchev–Trinajstić information content (AvgIpc) is 3.21. The van der Waals surface area contributed by atoms with Crippen LogP contribution in [0.1, 0.15) is 49.7 Å². The topological polar surface area (TPSA) is 49.9 Å². The maximum absolute atomic E-state index is 13.4. The summed E-state index contributed by atoms with van der Waals surface area (Å²) < 4.78 is 6.11. The van der Waals surface area contributed by atoms with E-state index in [1.165, 1.54) is 4.88 Å². The maximum Gasteiger partial charge on any atom is 0.242 e. The Morgan fingerprint density at radius 2 is 2.00 bits per heavy atom. The van der Waals surface area contributed by atoms with Crippen molar-refractivity contribution in [3.05, 3.63) is 50.7 Å². The molecule has 2 amide bonds. The minimum absolute atomic E-state index is 0.0183. The zero-order chi connectivity index (χ0) is 23.4. The van der Waals surface area contributed by atoms with E-state index >= 15 is 0 Å². The number of halogens is 1. The lowest BCUT2D eigenvalue weighted by atomic mass is 10.00. The summed E-state index contributed by atoms with van der Waals surface area (Å²) >= 11 is 7.86. The van der Waals surface area contributed by atoms with E-state index in [4.69, 9.17) is 16.3 Å². The van der Waals surface area contributed by atoms with Crippen LogP contribution in [0.25, 0.3) is 0 Å². The van der Waals surface area contributed by atoms with Crippen LogP contribution in [0.2, 0.25) is 5.02 Å². The fraction of sp³-hybridized carbons (Fsp3) is 0.520. The zero-order valence-electron chi connectivity index (χ0n) is 19.6. The molecule has 0 saturated heterocycles. The predicted octanol–water partition coefficient (Wildman–Crippen LogP) is 5.36. The Hall–Kier alpha value is -2.05. The van der Waals surface area contributed by atoms with E-state index in [-0.39, 0.29) is 30.3 Å². The van der Waals surface area contributed by atoms with Crippen LogP contribution in [0.3, 0.4) is 0 Å². The predicted molar refractivity (Wildman–Crippen MR) is 130 cm³/mol. The molecule has 5 nitrogen and oxygen atoms in total. The van der Waals surface area contributed by atoms with Gasteiger partial charge in [-0.15, -0.1) is 11.3 Å². The third kappa shape index (κ3) is 5.84. The van der Waals surface area contributed by atoms with Crippen molar-refractivity contribution >= 4 is 34.8 Å². The first-order valence-corrected chi connectivity index (χ1v) is 12.5. The number of fused-ring (bicyclic) bond motifs is 1. The van der Waals surface area contributed by atoms with Gasteiger partial charge in [0.2, 0.25) is 11.8 Å². The Morgan fingerprint density at radius 3 is 2.66 bits per heavy atom. The van der Waals surface area contributed by atoms with Crippen LogP contribution in [0.4, 0.5) is 0 Å². The van der Waals surface area contributed by atoms with Gasteiger partial charge in [-0.05, 0) is 60.0 Å². The average molecular weight is 477 g/mol. The highest BCUT2D eigenvalue weighted by atomic mass is 35.5. The lowest BCUT2D eigenvalue weighted by Gasteiger charge is -2.37. The number of ether oxygens (including phenoxy) is 1. The highest BCUT2D eigenvalue weighted by molar-refractivity contribution is 7.10. The number of carbonyl (C=O) groups excluding carboxylic acids is 2. The van der Waals surface area contributed by atoms with E-state index in [0.717, 1.165) is 23.3 Å². The molecule has 1 aliphatic rings.